The van der Waals surface area contributed by atoms with Gasteiger partial charge >= 0.3 is 0 Å². The highest BCUT2D eigenvalue weighted by Gasteiger charge is 2.15. The Kier molecular flexibility index (Phi) is 4.68. The van der Waals surface area contributed by atoms with Crippen LogP contribution in [0.5, 0.6) is 17.2 Å². The summed E-state index contributed by atoms with van der Waals surface area (Å²) in [6, 6.07) is 11.3. The maximum absolute atomic E-state index is 12.5. The first-order valence-corrected chi connectivity index (χ1v) is 9.24. The van der Waals surface area contributed by atoms with Crippen molar-refractivity contribution in [1.82, 2.24) is 4.57 Å². The van der Waals surface area contributed by atoms with Crippen LogP contribution in [0.1, 0.15) is 5.56 Å². The Morgan fingerprint density at radius 1 is 1.30 bits per heavy atom. The van der Waals surface area contributed by atoms with E-state index in [1.54, 1.807) is 13.2 Å². The predicted octanol–water partition coefficient (Wildman–Crippen LogP) is 3.30. The van der Waals surface area contributed by atoms with Crippen LogP contribution >= 0.6 is 11.3 Å². The molecule has 0 saturated heterocycles. The molecule has 1 amide bonds. The summed E-state index contributed by atoms with van der Waals surface area (Å²) in [4.78, 5) is 17.5. The molecule has 3 aromatic rings. The van der Waals surface area contributed by atoms with Crippen LogP contribution in [0.3, 0.4) is 0 Å². The lowest BCUT2D eigenvalue weighted by molar-refractivity contribution is -0.117. The van der Waals surface area contributed by atoms with E-state index in [1.807, 2.05) is 41.0 Å². The molecule has 0 radical (unpaired) electrons. The lowest BCUT2D eigenvalue weighted by atomic mass is 10.1. The highest BCUT2D eigenvalue weighted by atomic mass is 32.1. The van der Waals surface area contributed by atoms with E-state index in [0.29, 0.717) is 22.8 Å². The van der Waals surface area contributed by atoms with Gasteiger partial charge < -0.3 is 18.8 Å². The molecule has 2 aromatic carbocycles. The van der Waals surface area contributed by atoms with Crippen molar-refractivity contribution in [3.05, 3.63) is 59.4 Å². The largest absolute Gasteiger partial charge is 0.497 e. The van der Waals surface area contributed by atoms with Gasteiger partial charge in [0.15, 0.2) is 16.3 Å². The fourth-order valence-electron chi connectivity index (χ4n) is 2.94. The van der Waals surface area contributed by atoms with Gasteiger partial charge in [-0.2, -0.15) is 4.99 Å². The second-order valence-corrected chi connectivity index (χ2v) is 7.00. The molecule has 6 nitrogen and oxygen atoms in total. The zero-order valence-corrected chi connectivity index (χ0v) is 15.6. The van der Waals surface area contributed by atoms with E-state index in [1.165, 1.54) is 11.3 Å². The van der Waals surface area contributed by atoms with Crippen LogP contribution in [0.2, 0.25) is 0 Å². The molecule has 0 unspecified atom stereocenters. The molecule has 2 heterocycles. The lowest BCUT2D eigenvalue weighted by Gasteiger charge is -2.03. The molecule has 0 spiro atoms. The average Bonchev–Trinajstić information content (AvgIpc) is 3.26. The molecular weight excluding hydrogens is 364 g/mol. The zero-order valence-electron chi connectivity index (χ0n) is 14.8. The van der Waals surface area contributed by atoms with E-state index in [9.17, 15) is 4.79 Å². The van der Waals surface area contributed by atoms with Gasteiger partial charge in [-0.05, 0) is 35.9 Å². The van der Waals surface area contributed by atoms with E-state index in [2.05, 4.69) is 11.6 Å². The van der Waals surface area contributed by atoms with Gasteiger partial charge in [0.2, 0.25) is 6.79 Å². The van der Waals surface area contributed by atoms with E-state index >= 15 is 0 Å². The van der Waals surface area contributed by atoms with Crippen LogP contribution in [0, 0.1) is 0 Å². The number of hydrogen-bond acceptors (Lipinski definition) is 5. The molecule has 27 heavy (non-hydrogen) atoms. The monoisotopic (exact) mass is 382 g/mol. The van der Waals surface area contributed by atoms with E-state index in [0.717, 1.165) is 21.5 Å². The van der Waals surface area contributed by atoms with Crippen LogP contribution in [-0.2, 0) is 17.8 Å². The lowest BCUT2D eigenvalue weighted by Crippen LogP contribution is -2.16. The van der Waals surface area contributed by atoms with Crippen LogP contribution in [0.25, 0.3) is 10.2 Å². The molecule has 7 heteroatoms. The molecular formula is C20H18N2O4S. The van der Waals surface area contributed by atoms with Crippen LogP contribution < -0.4 is 19.0 Å². The number of thiazole rings is 1. The minimum atomic E-state index is -0.217. The molecule has 1 aliphatic rings. The van der Waals surface area contributed by atoms with Gasteiger partial charge in [0.1, 0.15) is 5.75 Å². The van der Waals surface area contributed by atoms with E-state index in [-0.39, 0.29) is 19.1 Å². The number of carbonyl (C=O) groups is 1. The number of methoxy groups -OCH3 is 1. The number of fused-ring (bicyclic) bond motifs is 2. The minimum Gasteiger partial charge on any atom is -0.497 e. The summed E-state index contributed by atoms with van der Waals surface area (Å²) in [5.74, 6) is 1.92. The van der Waals surface area contributed by atoms with Gasteiger partial charge in [0.25, 0.3) is 5.91 Å². The third kappa shape index (κ3) is 3.46. The number of hydrogen-bond donors (Lipinski definition) is 0. The van der Waals surface area contributed by atoms with Crippen molar-refractivity contribution >= 4 is 27.5 Å². The van der Waals surface area contributed by atoms with Gasteiger partial charge in [-0.25, -0.2) is 0 Å². The van der Waals surface area contributed by atoms with Crippen molar-refractivity contribution in [1.29, 1.82) is 0 Å². The third-order valence-electron chi connectivity index (χ3n) is 4.21. The molecule has 0 saturated carbocycles. The zero-order chi connectivity index (χ0) is 18.8. The van der Waals surface area contributed by atoms with Crippen molar-refractivity contribution in [3.8, 4) is 17.2 Å². The SMILES string of the molecule is C=CCn1c(=NC(=O)Cc2ccc3c(c2)OCO3)sc2cc(OC)ccc21. The predicted molar refractivity (Wildman–Crippen MR) is 103 cm³/mol. The van der Waals surface area contributed by atoms with E-state index in [4.69, 9.17) is 14.2 Å². The van der Waals surface area contributed by atoms with Gasteiger partial charge in [-0.15, -0.1) is 6.58 Å². The minimum absolute atomic E-state index is 0.197. The second-order valence-electron chi connectivity index (χ2n) is 5.99. The first kappa shape index (κ1) is 17.4. The molecule has 0 atom stereocenters. The maximum Gasteiger partial charge on any atom is 0.252 e. The standard InChI is InChI=1S/C20H18N2O4S/c1-3-8-22-15-6-5-14(24-2)11-18(15)27-20(22)21-19(23)10-13-4-7-16-17(9-13)26-12-25-16/h3-7,9,11H,1,8,10,12H2,2H3. The summed E-state index contributed by atoms with van der Waals surface area (Å²) >= 11 is 1.46. The summed E-state index contributed by atoms with van der Waals surface area (Å²) in [5.41, 5.74) is 1.83. The fraction of sp³-hybridized carbons (Fsp3) is 0.200. The van der Waals surface area contributed by atoms with Crippen molar-refractivity contribution < 1.29 is 19.0 Å². The Balaban J connectivity index is 1.67. The average molecular weight is 382 g/mol. The number of ether oxygens (including phenoxy) is 3. The smallest absolute Gasteiger partial charge is 0.252 e. The highest BCUT2D eigenvalue weighted by Crippen LogP contribution is 2.32. The van der Waals surface area contributed by atoms with Gasteiger partial charge in [-0.1, -0.05) is 23.5 Å². The fourth-order valence-corrected chi connectivity index (χ4v) is 4.03. The van der Waals surface area contributed by atoms with E-state index < -0.39 is 0 Å². The number of nitrogens with zero attached hydrogens (tertiary/aromatic N) is 2. The highest BCUT2D eigenvalue weighted by molar-refractivity contribution is 7.16. The van der Waals surface area contributed by atoms with Gasteiger partial charge in [-0.3, -0.25) is 4.79 Å². The van der Waals surface area contributed by atoms with Crippen molar-refractivity contribution in [2.24, 2.45) is 4.99 Å². The Labute approximate surface area is 159 Å². The summed E-state index contributed by atoms with van der Waals surface area (Å²) in [7, 11) is 1.63. The Morgan fingerprint density at radius 2 is 2.15 bits per heavy atom. The van der Waals surface area contributed by atoms with Gasteiger partial charge in [0, 0.05) is 6.54 Å². The summed E-state index contributed by atoms with van der Waals surface area (Å²) in [5, 5.41) is 0. The molecule has 138 valence electrons. The van der Waals surface area contributed by atoms with Crippen LogP contribution in [0.15, 0.2) is 54.0 Å². The number of amides is 1. The van der Waals surface area contributed by atoms with Crippen LogP contribution in [-0.4, -0.2) is 24.4 Å². The Morgan fingerprint density at radius 3 is 2.96 bits per heavy atom. The topological polar surface area (TPSA) is 62.1 Å². The number of benzene rings is 2. The Bertz CT molecular complexity index is 1100. The number of carbonyl (C=O) groups excluding carboxylic acids is 1. The van der Waals surface area contributed by atoms with Gasteiger partial charge in [0.05, 0.1) is 23.7 Å². The molecule has 0 N–H and O–H groups in total. The molecule has 0 bridgehead atoms. The third-order valence-corrected chi connectivity index (χ3v) is 5.26. The summed E-state index contributed by atoms with van der Waals surface area (Å²) in [6.07, 6.45) is 1.99. The summed E-state index contributed by atoms with van der Waals surface area (Å²) < 4.78 is 18.9. The number of rotatable bonds is 5. The number of allylic oxidation sites excluding steroid dienone is 1. The second kappa shape index (κ2) is 7.28. The van der Waals surface area contributed by atoms with Crippen molar-refractivity contribution in [3.63, 3.8) is 0 Å². The summed E-state index contributed by atoms with van der Waals surface area (Å²) in [6.45, 7) is 4.59. The number of aromatic nitrogens is 1. The normalized spacial score (nSPS) is 13.1. The maximum atomic E-state index is 12.5. The molecule has 4 rings (SSSR count). The molecule has 0 fully saturated rings. The van der Waals surface area contributed by atoms with Crippen LogP contribution in [0.4, 0.5) is 0 Å². The quantitative estimate of drug-likeness (QED) is 0.635. The Hall–Kier alpha value is -3.06. The molecule has 0 aliphatic carbocycles. The van der Waals surface area contributed by atoms with Crippen molar-refractivity contribution in [2.45, 2.75) is 13.0 Å². The molecule has 1 aliphatic heterocycles. The first-order valence-electron chi connectivity index (χ1n) is 8.42. The molecule has 1 aromatic heterocycles. The first-order chi connectivity index (χ1) is 13.2. The van der Waals surface area contributed by atoms with Crippen molar-refractivity contribution in [2.75, 3.05) is 13.9 Å².